The molecule has 12 nitrogen and oxygen atoms in total. The molecule has 3 aromatic rings. The van der Waals surface area contributed by atoms with Gasteiger partial charge in [0.1, 0.15) is 18.1 Å². The number of para-hydroxylation sites is 1. The van der Waals surface area contributed by atoms with E-state index in [0.717, 1.165) is 0 Å². The number of aromatic amines is 1. The summed E-state index contributed by atoms with van der Waals surface area (Å²) in [6, 6.07) is 7.72. The quantitative estimate of drug-likeness (QED) is 0.199. The lowest BCUT2D eigenvalue weighted by Crippen LogP contribution is -2.35. The van der Waals surface area contributed by atoms with E-state index in [0.29, 0.717) is 17.8 Å². The van der Waals surface area contributed by atoms with E-state index in [4.69, 9.17) is 19.7 Å². The average molecular weight is 478 g/mol. The Balaban J connectivity index is 1.65. The van der Waals surface area contributed by atoms with Crippen LogP contribution in [0.2, 0.25) is 0 Å². The van der Waals surface area contributed by atoms with E-state index in [1.165, 1.54) is 6.33 Å². The van der Waals surface area contributed by atoms with Gasteiger partial charge < -0.3 is 24.3 Å². The lowest BCUT2D eigenvalue weighted by atomic mass is 10.3. The second kappa shape index (κ2) is 11.1. The number of anilines is 1. The molecule has 178 valence electrons. The van der Waals surface area contributed by atoms with Gasteiger partial charge in [-0.05, 0) is 25.5 Å². The zero-order valence-corrected chi connectivity index (χ0v) is 19.3. The predicted molar refractivity (Wildman–Crippen MR) is 122 cm³/mol. The molecule has 0 bridgehead atoms. The van der Waals surface area contributed by atoms with Gasteiger partial charge in [-0.2, -0.15) is 4.98 Å². The number of aromatic nitrogens is 4. The number of carbonyl (C=O) groups excluding carboxylic acids is 1. The zero-order valence-electron chi connectivity index (χ0n) is 18.4. The van der Waals surface area contributed by atoms with Crippen molar-refractivity contribution in [2.24, 2.45) is 0 Å². The van der Waals surface area contributed by atoms with Crippen LogP contribution < -0.4 is 20.9 Å². The van der Waals surface area contributed by atoms with E-state index < -0.39 is 25.1 Å². The molecule has 13 heteroatoms. The van der Waals surface area contributed by atoms with Crippen molar-refractivity contribution in [3.63, 3.8) is 0 Å². The van der Waals surface area contributed by atoms with Crippen molar-refractivity contribution in [1.29, 1.82) is 0 Å². The highest BCUT2D eigenvalue weighted by Crippen LogP contribution is 2.43. The molecule has 0 aliphatic heterocycles. The van der Waals surface area contributed by atoms with Crippen LogP contribution in [0.1, 0.15) is 20.3 Å². The van der Waals surface area contributed by atoms with E-state index in [1.807, 2.05) is 6.92 Å². The van der Waals surface area contributed by atoms with Gasteiger partial charge in [0.25, 0.3) is 5.56 Å². The molecule has 0 radical (unpaired) electrons. The number of hydrogen-bond donors (Lipinski definition) is 3. The molecular weight excluding hydrogens is 451 g/mol. The summed E-state index contributed by atoms with van der Waals surface area (Å²) >= 11 is 0. The molecule has 2 atom stereocenters. The van der Waals surface area contributed by atoms with Gasteiger partial charge in [0.05, 0.1) is 19.5 Å². The van der Waals surface area contributed by atoms with Crippen molar-refractivity contribution < 1.29 is 23.4 Å². The second-order valence-electron chi connectivity index (χ2n) is 7.19. The Labute approximate surface area is 190 Å². The largest absolute Gasteiger partial charge is 0.465 e. The first kappa shape index (κ1) is 24.4. The highest BCUT2D eigenvalue weighted by atomic mass is 31.2. The summed E-state index contributed by atoms with van der Waals surface area (Å²) in [4.78, 5) is 34.5. The van der Waals surface area contributed by atoms with Crippen LogP contribution in [0.25, 0.3) is 11.2 Å². The lowest BCUT2D eigenvalue weighted by Gasteiger charge is -2.23. The topological polar surface area (TPSA) is 163 Å². The Hall–Kier alpha value is -3.21. The molecule has 2 aromatic heterocycles. The zero-order chi connectivity index (χ0) is 23.8. The lowest BCUT2D eigenvalue weighted by molar-refractivity contribution is -0.145. The molecule has 0 amide bonds. The molecule has 0 fully saturated rings. The Bertz CT molecular complexity index is 1180. The van der Waals surface area contributed by atoms with Crippen molar-refractivity contribution in [2.75, 3.05) is 25.3 Å². The number of ether oxygens (including phenoxy) is 2. The smallest absolute Gasteiger partial charge is 0.342 e. The number of esters is 1. The van der Waals surface area contributed by atoms with Gasteiger partial charge in [0, 0.05) is 6.54 Å². The normalized spacial score (nSPS) is 14.0. The van der Waals surface area contributed by atoms with E-state index in [1.54, 1.807) is 41.8 Å². The maximum atomic E-state index is 13.5. The molecule has 0 aliphatic rings. The highest BCUT2D eigenvalue weighted by Gasteiger charge is 2.31. The summed E-state index contributed by atoms with van der Waals surface area (Å²) in [5, 5.41) is 2.73. The molecule has 33 heavy (non-hydrogen) atoms. The number of nitrogens with one attached hydrogen (secondary N) is 2. The first-order chi connectivity index (χ1) is 15.8. The molecule has 0 saturated heterocycles. The molecule has 2 heterocycles. The minimum absolute atomic E-state index is 0.0240. The maximum Gasteiger partial charge on any atom is 0.342 e. The van der Waals surface area contributed by atoms with Crippen LogP contribution in [0.3, 0.4) is 0 Å². The maximum absolute atomic E-state index is 13.5. The third kappa shape index (κ3) is 6.64. The third-order valence-electron chi connectivity index (χ3n) is 4.42. The average Bonchev–Trinajstić information content (AvgIpc) is 3.18. The SMILES string of the molecule is CCCOC(=O)[C@H](C)NP(=O)(COCCn1cnc2c(=O)[nH]c(N)nc21)Oc1ccccc1. The predicted octanol–water partition coefficient (Wildman–Crippen LogP) is 1.88. The second-order valence-corrected chi connectivity index (χ2v) is 9.24. The number of carbonyl (C=O) groups is 1. The van der Waals surface area contributed by atoms with Gasteiger partial charge >= 0.3 is 13.5 Å². The van der Waals surface area contributed by atoms with Crippen molar-refractivity contribution >= 4 is 30.6 Å². The van der Waals surface area contributed by atoms with Crippen LogP contribution in [0.15, 0.2) is 41.5 Å². The van der Waals surface area contributed by atoms with Crippen LogP contribution in [0.4, 0.5) is 5.95 Å². The molecule has 0 aliphatic carbocycles. The molecule has 0 spiro atoms. The fourth-order valence-electron chi connectivity index (χ4n) is 2.90. The number of nitrogens with two attached hydrogens (primary N) is 1. The van der Waals surface area contributed by atoms with Gasteiger partial charge in [-0.25, -0.2) is 10.1 Å². The van der Waals surface area contributed by atoms with Gasteiger partial charge in [0.2, 0.25) is 5.95 Å². The van der Waals surface area contributed by atoms with Crippen LogP contribution in [0.5, 0.6) is 5.75 Å². The molecule has 3 rings (SSSR count). The van der Waals surface area contributed by atoms with Gasteiger partial charge in [-0.15, -0.1) is 0 Å². The number of benzene rings is 1. The van der Waals surface area contributed by atoms with Gasteiger partial charge in [-0.3, -0.25) is 19.1 Å². The molecule has 1 aromatic carbocycles. The molecule has 0 saturated carbocycles. The van der Waals surface area contributed by atoms with E-state index in [9.17, 15) is 14.2 Å². The minimum Gasteiger partial charge on any atom is -0.465 e. The van der Waals surface area contributed by atoms with Crippen molar-refractivity contribution in [3.05, 3.63) is 47.0 Å². The van der Waals surface area contributed by atoms with Crippen LogP contribution in [0, 0.1) is 0 Å². The number of nitrogens with zero attached hydrogens (tertiary/aromatic N) is 3. The molecule has 1 unspecified atom stereocenters. The summed E-state index contributed by atoms with van der Waals surface area (Å²) in [6.07, 6.45) is 1.81. The number of hydrogen-bond acceptors (Lipinski definition) is 9. The first-order valence-electron chi connectivity index (χ1n) is 10.4. The summed E-state index contributed by atoms with van der Waals surface area (Å²) in [6.45, 7) is 4.08. The Morgan fingerprint density at radius 1 is 1.30 bits per heavy atom. The van der Waals surface area contributed by atoms with Crippen LogP contribution in [-0.2, 0) is 25.4 Å². The number of H-pyrrole nitrogens is 1. The number of rotatable bonds is 12. The first-order valence-corrected chi connectivity index (χ1v) is 12.2. The Kier molecular flexibility index (Phi) is 8.21. The van der Waals surface area contributed by atoms with E-state index in [-0.39, 0.29) is 37.6 Å². The van der Waals surface area contributed by atoms with E-state index >= 15 is 0 Å². The molecular formula is C20H27N6O6P. The van der Waals surface area contributed by atoms with Crippen LogP contribution >= 0.6 is 7.52 Å². The summed E-state index contributed by atoms with van der Waals surface area (Å²) in [5.41, 5.74) is 5.63. The fourth-order valence-corrected chi connectivity index (χ4v) is 4.61. The Morgan fingerprint density at radius 2 is 2.06 bits per heavy atom. The van der Waals surface area contributed by atoms with E-state index in [2.05, 4.69) is 20.0 Å². The standard InChI is InChI=1S/C20H27N6O6P/c1-3-10-31-19(28)14(2)25-33(29,32-15-7-5-4-6-8-15)13-30-11-9-26-12-22-16-17(26)23-20(21)24-18(16)27/h4-8,12,14H,3,9-11,13H2,1-2H3,(H,25,29)(H3,21,23,24,27)/t14-,33?/m0/s1. The summed E-state index contributed by atoms with van der Waals surface area (Å²) in [7, 11) is -3.64. The Morgan fingerprint density at radius 3 is 2.79 bits per heavy atom. The highest BCUT2D eigenvalue weighted by molar-refractivity contribution is 7.57. The number of fused-ring (bicyclic) bond motifs is 1. The summed E-state index contributed by atoms with van der Waals surface area (Å²) < 4.78 is 31.5. The third-order valence-corrected chi connectivity index (χ3v) is 6.23. The van der Waals surface area contributed by atoms with Gasteiger partial charge in [0.15, 0.2) is 11.2 Å². The van der Waals surface area contributed by atoms with Crippen molar-refractivity contribution in [3.8, 4) is 5.75 Å². The van der Waals surface area contributed by atoms with Gasteiger partial charge in [-0.1, -0.05) is 25.1 Å². The minimum atomic E-state index is -3.64. The number of nitrogen functional groups attached to an aromatic ring is 1. The van der Waals surface area contributed by atoms with Crippen molar-refractivity contribution in [2.45, 2.75) is 32.9 Å². The summed E-state index contributed by atoms with van der Waals surface area (Å²) in [5.74, 6) is -0.192. The van der Waals surface area contributed by atoms with Crippen molar-refractivity contribution in [1.82, 2.24) is 24.6 Å². The monoisotopic (exact) mass is 478 g/mol. The number of imidazole rings is 1. The molecule has 4 N–H and O–H groups in total. The van der Waals surface area contributed by atoms with Crippen LogP contribution in [-0.4, -0.2) is 51.1 Å². The fraction of sp³-hybridized carbons (Fsp3) is 0.400.